The Balaban J connectivity index is 2.08. The molecule has 3 atom stereocenters. The van der Waals surface area contributed by atoms with Crippen molar-refractivity contribution < 1.29 is 9.13 Å². The molecule has 1 N–H and O–H groups in total. The Morgan fingerprint density at radius 2 is 2.13 bits per heavy atom. The highest BCUT2D eigenvalue weighted by Gasteiger charge is 2.26. The van der Waals surface area contributed by atoms with Crippen LogP contribution in [0.2, 0.25) is 0 Å². The molecule has 0 fully saturated rings. The number of hydrogen-bond donors (Lipinski definition) is 1. The smallest absolute Gasteiger partial charge is 0.163 e. The van der Waals surface area contributed by atoms with E-state index in [9.17, 15) is 4.39 Å². The molecule has 1 aliphatic carbocycles. The van der Waals surface area contributed by atoms with Crippen LogP contribution in [0, 0.1) is 11.8 Å². The van der Waals surface area contributed by atoms with E-state index in [-0.39, 0.29) is 11.8 Å². The van der Waals surface area contributed by atoms with E-state index in [1.165, 1.54) is 0 Å². The van der Waals surface area contributed by atoms with Crippen LogP contribution in [0.5, 0.6) is 0 Å². The Morgan fingerprint density at radius 3 is 2.77 bits per heavy atom. The maximum atomic E-state index is 14.5. The quantitative estimate of drug-likeness (QED) is 0.672. The third kappa shape index (κ3) is 4.56. The molecule has 0 amide bonds. The zero-order valence-corrected chi connectivity index (χ0v) is 18.1. The fourth-order valence-corrected chi connectivity index (χ4v) is 3.64. The minimum atomic E-state index is -1.03. The second kappa shape index (κ2) is 9.61. The number of aromatic nitrogens is 4. The molecule has 0 radical (unpaired) electrons. The molecule has 0 aliphatic heterocycles. The lowest BCUT2D eigenvalue weighted by Crippen LogP contribution is -2.21. The summed E-state index contributed by atoms with van der Waals surface area (Å²) in [5, 5.41) is 10.9. The number of halogens is 1. The van der Waals surface area contributed by atoms with Gasteiger partial charge in [0.25, 0.3) is 0 Å². The summed E-state index contributed by atoms with van der Waals surface area (Å²) in [6.07, 6.45) is 10.3. The summed E-state index contributed by atoms with van der Waals surface area (Å²) in [6.45, 7) is 6.03. The first-order chi connectivity index (χ1) is 14.5. The molecule has 0 bridgehead atoms. The van der Waals surface area contributed by atoms with Crippen LogP contribution in [0.15, 0.2) is 48.3 Å². The van der Waals surface area contributed by atoms with Crippen molar-refractivity contribution in [3.8, 4) is 11.4 Å². The molecular weight excluding hydrogens is 381 g/mol. The molecule has 0 spiro atoms. The van der Waals surface area contributed by atoms with Crippen LogP contribution < -0.4 is 5.32 Å². The normalized spacial score (nSPS) is 19.9. The molecule has 6 nitrogen and oxygen atoms in total. The van der Waals surface area contributed by atoms with E-state index in [2.05, 4.69) is 20.5 Å². The third-order valence-electron chi connectivity index (χ3n) is 5.28. The molecule has 0 saturated carbocycles. The zero-order valence-electron chi connectivity index (χ0n) is 18.1. The first kappa shape index (κ1) is 21.6. The van der Waals surface area contributed by atoms with Crippen molar-refractivity contribution in [2.75, 3.05) is 19.5 Å². The van der Waals surface area contributed by atoms with E-state index in [0.717, 1.165) is 22.5 Å². The van der Waals surface area contributed by atoms with Crippen LogP contribution in [0.25, 0.3) is 17.1 Å². The minimum Gasteiger partial charge on any atom is -0.495 e. The topological polar surface area (TPSA) is 72.8 Å². The van der Waals surface area contributed by atoms with Gasteiger partial charge in [0.15, 0.2) is 5.82 Å². The summed E-state index contributed by atoms with van der Waals surface area (Å²) in [7, 11) is 3.44. The van der Waals surface area contributed by atoms with Gasteiger partial charge in [0, 0.05) is 24.1 Å². The largest absolute Gasteiger partial charge is 0.495 e. The lowest BCUT2D eigenvalue weighted by molar-refractivity contribution is 0.276. The number of allylic oxidation sites excluding steroid dienone is 5. The van der Waals surface area contributed by atoms with Gasteiger partial charge in [-0.1, -0.05) is 31.6 Å². The Morgan fingerprint density at radius 1 is 1.33 bits per heavy atom. The average molecular weight is 410 g/mol. The standard InChI is InChI=1S/C23H28FN5O/c1-6-17-21(28-22(29-23(17)25-4)16-9-10-26-27-13-16)20(30-5)12-15(3)18-11-14(2)7-8-19(18)24/h7-13,15,18-19H,6H2,1-5H3,(H,25,28,29)/b20-12+. The molecule has 7 heteroatoms. The molecule has 2 heterocycles. The van der Waals surface area contributed by atoms with Crippen LogP contribution in [0.1, 0.15) is 32.0 Å². The van der Waals surface area contributed by atoms with Gasteiger partial charge in [-0.25, -0.2) is 14.4 Å². The number of rotatable bonds is 7. The van der Waals surface area contributed by atoms with Crippen molar-refractivity contribution in [1.82, 2.24) is 20.2 Å². The van der Waals surface area contributed by atoms with Gasteiger partial charge >= 0.3 is 0 Å². The number of nitrogens with one attached hydrogen (secondary N) is 1. The van der Waals surface area contributed by atoms with Crippen molar-refractivity contribution in [3.63, 3.8) is 0 Å². The van der Waals surface area contributed by atoms with Crippen molar-refractivity contribution >= 4 is 11.6 Å². The number of hydrogen-bond acceptors (Lipinski definition) is 6. The molecule has 158 valence electrons. The van der Waals surface area contributed by atoms with Gasteiger partial charge in [0.2, 0.25) is 0 Å². The summed E-state index contributed by atoms with van der Waals surface area (Å²) in [4.78, 5) is 9.44. The number of anilines is 1. The Hall–Kier alpha value is -3.09. The van der Waals surface area contributed by atoms with Crippen LogP contribution in [0.4, 0.5) is 10.2 Å². The highest BCUT2D eigenvalue weighted by molar-refractivity contribution is 5.69. The average Bonchev–Trinajstić information content (AvgIpc) is 2.78. The molecule has 30 heavy (non-hydrogen) atoms. The molecular formula is C23H28FN5O. The monoisotopic (exact) mass is 409 g/mol. The highest BCUT2D eigenvalue weighted by Crippen LogP contribution is 2.32. The number of methoxy groups -OCH3 is 1. The van der Waals surface area contributed by atoms with E-state index in [1.807, 2.05) is 52.1 Å². The lowest BCUT2D eigenvalue weighted by Gasteiger charge is -2.24. The zero-order chi connectivity index (χ0) is 21.7. The maximum absolute atomic E-state index is 14.5. The summed E-state index contributed by atoms with van der Waals surface area (Å²) in [5.74, 6) is 1.52. The minimum absolute atomic E-state index is 0.0846. The summed E-state index contributed by atoms with van der Waals surface area (Å²) >= 11 is 0. The van der Waals surface area contributed by atoms with Crippen molar-refractivity contribution in [3.05, 3.63) is 59.6 Å². The summed E-state index contributed by atoms with van der Waals surface area (Å²) < 4.78 is 20.3. The lowest BCUT2D eigenvalue weighted by atomic mass is 9.84. The molecule has 2 aromatic heterocycles. The molecule has 0 saturated heterocycles. The first-order valence-electron chi connectivity index (χ1n) is 10.1. The van der Waals surface area contributed by atoms with E-state index < -0.39 is 6.17 Å². The van der Waals surface area contributed by atoms with E-state index in [1.54, 1.807) is 25.6 Å². The summed E-state index contributed by atoms with van der Waals surface area (Å²) in [6, 6.07) is 1.81. The van der Waals surface area contributed by atoms with Crippen LogP contribution >= 0.6 is 0 Å². The van der Waals surface area contributed by atoms with Gasteiger partial charge in [-0.05, 0) is 37.5 Å². The highest BCUT2D eigenvalue weighted by atomic mass is 19.1. The fourth-order valence-electron chi connectivity index (χ4n) is 3.64. The van der Waals surface area contributed by atoms with Crippen LogP contribution in [-0.4, -0.2) is 40.5 Å². The SMILES string of the molecule is CCc1c(NC)nc(-c2ccnnc2)nc1/C(=C\C(C)C1C=C(C)C=CC1F)OC. The van der Waals surface area contributed by atoms with Crippen molar-refractivity contribution in [2.24, 2.45) is 11.8 Å². The number of ether oxygens (including phenoxy) is 1. The van der Waals surface area contributed by atoms with E-state index in [4.69, 9.17) is 9.72 Å². The Bertz CT molecular complexity index is 971. The molecule has 2 aromatic rings. The van der Waals surface area contributed by atoms with Crippen molar-refractivity contribution in [2.45, 2.75) is 33.4 Å². The summed E-state index contributed by atoms with van der Waals surface area (Å²) in [5.41, 5.74) is 3.46. The van der Waals surface area contributed by atoms with E-state index >= 15 is 0 Å². The molecule has 3 unspecified atom stereocenters. The van der Waals surface area contributed by atoms with Gasteiger partial charge in [0.05, 0.1) is 19.5 Å². The maximum Gasteiger partial charge on any atom is 0.163 e. The second-order valence-electron chi connectivity index (χ2n) is 7.34. The van der Waals surface area contributed by atoms with Gasteiger partial charge < -0.3 is 10.1 Å². The second-order valence-corrected chi connectivity index (χ2v) is 7.34. The Kier molecular flexibility index (Phi) is 6.92. The predicted octanol–water partition coefficient (Wildman–Crippen LogP) is 4.63. The van der Waals surface area contributed by atoms with Gasteiger partial charge in [0.1, 0.15) is 23.4 Å². The van der Waals surface area contributed by atoms with Gasteiger partial charge in [-0.15, -0.1) is 0 Å². The van der Waals surface area contributed by atoms with E-state index in [0.29, 0.717) is 23.7 Å². The van der Waals surface area contributed by atoms with Crippen molar-refractivity contribution in [1.29, 1.82) is 0 Å². The van der Waals surface area contributed by atoms with Crippen LogP contribution in [-0.2, 0) is 11.2 Å². The van der Waals surface area contributed by atoms with Crippen LogP contribution in [0.3, 0.4) is 0 Å². The molecule has 0 aromatic carbocycles. The fraction of sp³-hybridized carbons (Fsp3) is 0.391. The number of nitrogens with zero attached hydrogens (tertiary/aromatic N) is 4. The Labute approximate surface area is 177 Å². The molecule has 1 aliphatic rings. The van der Waals surface area contributed by atoms with Gasteiger partial charge in [-0.2, -0.15) is 10.2 Å². The van der Waals surface area contributed by atoms with Gasteiger partial charge in [-0.3, -0.25) is 0 Å². The first-order valence-corrected chi connectivity index (χ1v) is 10.1. The third-order valence-corrected chi connectivity index (χ3v) is 5.28. The molecule has 3 rings (SSSR count). The number of alkyl halides is 1. The predicted molar refractivity (Wildman–Crippen MR) is 117 cm³/mol.